The average Bonchev–Trinajstić information content (AvgIpc) is 2.91. The number of rotatable bonds is 2. The Morgan fingerprint density at radius 3 is 3.06 bits per heavy atom. The van der Waals surface area contributed by atoms with Gasteiger partial charge in [-0.15, -0.1) is 0 Å². The lowest BCUT2D eigenvalue weighted by atomic mass is 10.3. The third-order valence-electron chi connectivity index (χ3n) is 2.34. The van der Waals surface area contributed by atoms with Crippen LogP contribution in [0.1, 0.15) is 16.2 Å². The zero-order chi connectivity index (χ0) is 11.1. The van der Waals surface area contributed by atoms with Crippen LogP contribution in [0.5, 0.6) is 0 Å². The molecule has 0 fully saturated rings. The van der Waals surface area contributed by atoms with E-state index < -0.39 is 0 Å². The molecule has 0 aliphatic rings. The summed E-state index contributed by atoms with van der Waals surface area (Å²) < 4.78 is 11.8. The maximum atomic E-state index is 11.0. The van der Waals surface area contributed by atoms with Crippen molar-refractivity contribution in [3.63, 3.8) is 0 Å². The zero-order valence-corrected chi connectivity index (χ0v) is 8.38. The first-order valence-electron chi connectivity index (χ1n) is 4.65. The third kappa shape index (κ3) is 1.04. The quantitative estimate of drug-likeness (QED) is 0.611. The highest BCUT2D eigenvalue weighted by Crippen LogP contribution is 2.22. The highest BCUT2D eigenvalue weighted by atomic mass is 16.5. The molecule has 0 aliphatic heterocycles. The van der Waals surface area contributed by atoms with Crippen molar-refractivity contribution in [2.45, 2.75) is 6.92 Å². The second kappa shape index (κ2) is 3.06. The predicted molar refractivity (Wildman–Crippen MR) is 53.1 cm³/mol. The molecule has 6 nitrogen and oxygen atoms in total. The molecule has 80 valence electrons. The summed E-state index contributed by atoms with van der Waals surface area (Å²) in [4.78, 5) is 15.0. The lowest BCUT2D eigenvalue weighted by molar-refractivity contribution is 0.111. The maximum Gasteiger partial charge on any atom is 0.333 e. The molecule has 0 unspecified atom stereocenters. The molecular formula is C10H7N3O3. The number of nitrogens with zero attached hydrogens (tertiary/aromatic N) is 3. The molecule has 3 heterocycles. The van der Waals surface area contributed by atoms with Crippen LogP contribution in [0.2, 0.25) is 0 Å². The summed E-state index contributed by atoms with van der Waals surface area (Å²) in [7, 11) is 0. The Balaban J connectivity index is 2.38. The second-order valence-corrected chi connectivity index (χ2v) is 3.30. The van der Waals surface area contributed by atoms with Gasteiger partial charge in [0.05, 0.1) is 12.0 Å². The minimum absolute atomic E-state index is 0.283. The van der Waals surface area contributed by atoms with E-state index in [1.54, 1.807) is 19.1 Å². The summed E-state index contributed by atoms with van der Waals surface area (Å²) in [5, 5.41) is 3.82. The summed E-state index contributed by atoms with van der Waals surface area (Å²) in [6.45, 7) is 1.73. The number of carbonyl (C=O) groups excluding carboxylic acids is 1. The molecule has 0 amide bonds. The van der Waals surface area contributed by atoms with E-state index in [4.69, 9.17) is 8.94 Å². The van der Waals surface area contributed by atoms with Crippen molar-refractivity contribution in [1.82, 2.24) is 14.5 Å². The Hall–Kier alpha value is -2.37. The van der Waals surface area contributed by atoms with Crippen molar-refractivity contribution in [2.75, 3.05) is 0 Å². The molecule has 0 saturated carbocycles. The summed E-state index contributed by atoms with van der Waals surface area (Å²) >= 11 is 0. The minimum Gasteiger partial charge on any atom is -0.461 e. The zero-order valence-electron chi connectivity index (χ0n) is 8.38. The van der Waals surface area contributed by atoms with E-state index >= 15 is 0 Å². The van der Waals surface area contributed by atoms with Crippen LogP contribution >= 0.6 is 0 Å². The highest BCUT2D eigenvalue weighted by Gasteiger charge is 2.19. The Kier molecular flexibility index (Phi) is 1.70. The Morgan fingerprint density at radius 1 is 1.50 bits per heavy atom. The van der Waals surface area contributed by atoms with Gasteiger partial charge in [0.25, 0.3) is 0 Å². The lowest BCUT2D eigenvalue weighted by Gasteiger charge is -1.92. The Morgan fingerprint density at radius 2 is 2.38 bits per heavy atom. The number of aryl methyl sites for hydroxylation is 1. The maximum absolute atomic E-state index is 11.0. The van der Waals surface area contributed by atoms with Gasteiger partial charge in [0, 0.05) is 0 Å². The summed E-state index contributed by atoms with van der Waals surface area (Å²) in [5.74, 6) is 1.24. The minimum atomic E-state index is 0.283. The molecule has 3 rings (SSSR count). The van der Waals surface area contributed by atoms with Crippen molar-refractivity contribution in [3.8, 4) is 11.6 Å². The SMILES string of the molecule is Cc1nc2onc(-c3ccco3)n2c1C=O. The van der Waals surface area contributed by atoms with Gasteiger partial charge >= 0.3 is 5.84 Å². The standard InChI is InChI=1S/C10H7N3O3/c1-6-7(5-14)13-9(8-3-2-4-15-8)12-16-10(13)11-6/h2-5H,1H3. The van der Waals surface area contributed by atoms with Crippen molar-refractivity contribution >= 4 is 12.1 Å². The van der Waals surface area contributed by atoms with E-state index in [-0.39, 0.29) is 5.84 Å². The van der Waals surface area contributed by atoms with Crippen LogP contribution in [-0.4, -0.2) is 20.8 Å². The van der Waals surface area contributed by atoms with Crippen LogP contribution < -0.4 is 0 Å². The number of carbonyl (C=O) groups is 1. The Labute approximate surface area is 89.5 Å². The van der Waals surface area contributed by atoms with Crippen LogP contribution in [0.25, 0.3) is 17.4 Å². The van der Waals surface area contributed by atoms with Gasteiger partial charge < -0.3 is 8.94 Å². The molecule has 0 saturated heterocycles. The number of hydrogen-bond acceptors (Lipinski definition) is 5. The third-order valence-corrected chi connectivity index (χ3v) is 2.34. The van der Waals surface area contributed by atoms with Crippen LogP contribution in [0.15, 0.2) is 27.3 Å². The first-order valence-corrected chi connectivity index (χ1v) is 4.65. The molecule has 3 aromatic heterocycles. The van der Waals surface area contributed by atoms with Gasteiger partial charge in [-0.1, -0.05) is 5.16 Å². The average molecular weight is 217 g/mol. The predicted octanol–water partition coefficient (Wildman–Crippen LogP) is 1.70. The van der Waals surface area contributed by atoms with Gasteiger partial charge in [0.1, 0.15) is 5.69 Å². The summed E-state index contributed by atoms with van der Waals surface area (Å²) in [5.41, 5.74) is 1.02. The van der Waals surface area contributed by atoms with E-state index in [0.717, 1.165) is 6.29 Å². The molecular weight excluding hydrogens is 210 g/mol. The van der Waals surface area contributed by atoms with Crippen LogP contribution in [0.4, 0.5) is 0 Å². The number of furan rings is 1. The van der Waals surface area contributed by atoms with E-state index in [9.17, 15) is 4.79 Å². The molecule has 6 heteroatoms. The molecule has 0 radical (unpaired) electrons. The number of fused-ring (bicyclic) bond motifs is 1. The molecule has 0 atom stereocenters. The largest absolute Gasteiger partial charge is 0.461 e. The molecule has 0 N–H and O–H groups in total. The van der Waals surface area contributed by atoms with Crippen molar-refractivity contribution in [3.05, 3.63) is 29.8 Å². The van der Waals surface area contributed by atoms with E-state index in [1.807, 2.05) is 0 Å². The Bertz CT molecular complexity index is 648. The van der Waals surface area contributed by atoms with Crippen LogP contribution in [0.3, 0.4) is 0 Å². The lowest BCUT2D eigenvalue weighted by Crippen LogP contribution is -1.93. The fourth-order valence-corrected chi connectivity index (χ4v) is 1.61. The van der Waals surface area contributed by atoms with E-state index in [1.165, 1.54) is 10.7 Å². The molecule has 0 spiro atoms. The first-order chi connectivity index (χ1) is 7.81. The molecule has 16 heavy (non-hydrogen) atoms. The number of aromatic nitrogens is 3. The summed E-state index contributed by atoms with van der Waals surface area (Å²) in [6.07, 6.45) is 2.25. The van der Waals surface area contributed by atoms with Crippen molar-refractivity contribution in [2.24, 2.45) is 0 Å². The normalized spacial score (nSPS) is 11.1. The highest BCUT2D eigenvalue weighted by molar-refractivity contribution is 5.77. The number of aldehydes is 1. The van der Waals surface area contributed by atoms with Gasteiger partial charge in [-0.2, -0.15) is 4.98 Å². The first kappa shape index (κ1) is 8.90. The van der Waals surface area contributed by atoms with Gasteiger partial charge in [-0.05, 0) is 19.1 Å². The van der Waals surface area contributed by atoms with E-state index in [2.05, 4.69) is 10.1 Å². The fourth-order valence-electron chi connectivity index (χ4n) is 1.61. The number of hydrogen-bond donors (Lipinski definition) is 0. The molecule has 0 aromatic carbocycles. The van der Waals surface area contributed by atoms with Crippen molar-refractivity contribution < 1.29 is 13.7 Å². The molecule has 0 aliphatic carbocycles. The molecule has 3 aromatic rings. The number of imidazole rings is 1. The van der Waals surface area contributed by atoms with Gasteiger partial charge in [0.15, 0.2) is 12.0 Å². The fraction of sp³-hybridized carbons (Fsp3) is 0.100. The van der Waals surface area contributed by atoms with E-state index in [0.29, 0.717) is 23.0 Å². The van der Waals surface area contributed by atoms with Gasteiger partial charge in [0.2, 0.25) is 5.82 Å². The smallest absolute Gasteiger partial charge is 0.333 e. The molecule has 0 bridgehead atoms. The monoisotopic (exact) mass is 217 g/mol. The van der Waals surface area contributed by atoms with Gasteiger partial charge in [-0.3, -0.25) is 4.79 Å². The van der Waals surface area contributed by atoms with Crippen LogP contribution in [0, 0.1) is 6.92 Å². The van der Waals surface area contributed by atoms with Crippen LogP contribution in [-0.2, 0) is 0 Å². The van der Waals surface area contributed by atoms with Gasteiger partial charge in [-0.25, -0.2) is 4.40 Å². The second-order valence-electron chi connectivity index (χ2n) is 3.30. The van der Waals surface area contributed by atoms with Crippen molar-refractivity contribution in [1.29, 1.82) is 0 Å². The topological polar surface area (TPSA) is 73.5 Å². The summed E-state index contributed by atoms with van der Waals surface area (Å²) in [6, 6.07) is 3.47.